The highest BCUT2D eigenvalue weighted by Gasteiger charge is 2.31. The van der Waals surface area contributed by atoms with Crippen LogP contribution in [-0.2, 0) is 9.53 Å². The van der Waals surface area contributed by atoms with Gasteiger partial charge in [-0.25, -0.2) is 0 Å². The third-order valence-corrected chi connectivity index (χ3v) is 3.60. The predicted octanol–water partition coefficient (Wildman–Crippen LogP) is 1.29. The minimum Gasteiger partial charge on any atom is -0.381 e. The van der Waals surface area contributed by atoms with Gasteiger partial charge in [0.25, 0.3) is 0 Å². The summed E-state index contributed by atoms with van der Waals surface area (Å²) in [4.78, 5) is 11.9. The Kier molecular flexibility index (Phi) is 4.55. The average Bonchev–Trinajstić information content (AvgIpc) is 2.25. The highest BCUT2D eigenvalue weighted by atomic mass is 16.5. The molecule has 1 aliphatic rings. The highest BCUT2D eigenvalue weighted by Crippen LogP contribution is 2.28. The molecule has 100 valence electrons. The molecule has 1 saturated heterocycles. The van der Waals surface area contributed by atoms with Crippen LogP contribution >= 0.6 is 0 Å². The smallest absolute Gasteiger partial charge is 0.237 e. The summed E-state index contributed by atoms with van der Waals surface area (Å²) >= 11 is 0. The van der Waals surface area contributed by atoms with Crippen LogP contribution < -0.4 is 11.1 Å². The van der Waals surface area contributed by atoms with Gasteiger partial charge in [0.1, 0.15) is 0 Å². The van der Waals surface area contributed by atoms with Gasteiger partial charge in [-0.05, 0) is 23.7 Å². The summed E-state index contributed by atoms with van der Waals surface area (Å²) in [6.45, 7) is 10.4. The number of hydrogen-bond acceptors (Lipinski definition) is 3. The summed E-state index contributed by atoms with van der Waals surface area (Å²) < 4.78 is 5.34. The fraction of sp³-hybridized carbons (Fsp3) is 0.923. The molecule has 0 saturated carbocycles. The molecule has 0 bridgehead atoms. The molecule has 0 radical (unpaired) electrons. The largest absolute Gasteiger partial charge is 0.381 e. The van der Waals surface area contributed by atoms with E-state index < -0.39 is 6.04 Å². The fourth-order valence-electron chi connectivity index (χ4n) is 1.84. The Hall–Kier alpha value is -0.610. The Morgan fingerprint density at radius 3 is 2.41 bits per heavy atom. The van der Waals surface area contributed by atoms with E-state index >= 15 is 0 Å². The van der Waals surface area contributed by atoms with Crippen LogP contribution in [0.25, 0.3) is 0 Å². The van der Waals surface area contributed by atoms with Gasteiger partial charge in [0.2, 0.25) is 5.91 Å². The van der Waals surface area contributed by atoms with Crippen molar-refractivity contribution in [3.8, 4) is 0 Å². The van der Waals surface area contributed by atoms with E-state index in [2.05, 4.69) is 12.2 Å². The van der Waals surface area contributed by atoms with Crippen LogP contribution in [0, 0.1) is 10.8 Å². The monoisotopic (exact) mass is 242 g/mol. The van der Waals surface area contributed by atoms with E-state index in [1.165, 1.54) is 0 Å². The number of rotatable bonds is 3. The average molecular weight is 242 g/mol. The zero-order valence-corrected chi connectivity index (χ0v) is 11.5. The molecule has 1 rings (SSSR count). The van der Waals surface area contributed by atoms with Gasteiger partial charge in [-0.2, -0.15) is 0 Å². The molecule has 4 nitrogen and oxygen atoms in total. The number of amides is 1. The zero-order chi connectivity index (χ0) is 13.1. The van der Waals surface area contributed by atoms with Crippen LogP contribution in [0.5, 0.6) is 0 Å². The van der Waals surface area contributed by atoms with E-state index in [0.29, 0.717) is 6.54 Å². The molecule has 0 aromatic heterocycles. The van der Waals surface area contributed by atoms with Gasteiger partial charge in [0.05, 0.1) is 6.04 Å². The minimum absolute atomic E-state index is 0.0507. The standard InChI is InChI=1S/C13H26N2O2/c1-12(2,3)10(14)11(16)15-9-13(4)5-7-17-8-6-13/h10H,5-9,14H2,1-4H3,(H,15,16)/t10-/m0/s1. The normalized spacial score (nSPS) is 21.9. The molecule has 4 heteroatoms. The van der Waals surface area contributed by atoms with Crippen LogP contribution in [0.2, 0.25) is 0 Å². The number of ether oxygens (including phenoxy) is 1. The van der Waals surface area contributed by atoms with Crippen molar-refractivity contribution in [1.82, 2.24) is 5.32 Å². The van der Waals surface area contributed by atoms with Crippen LogP contribution in [0.3, 0.4) is 0 Å². The second-order valence-electron chi connectivity index (χ2n) is 6.48. The molecule has 1 fully saturated rings. The Morgan fingerprint density at radius 2 is 1.94 bits per heavy atom. The van der Waals surface area contributed by atoms with E-state index in [1.54, 1.807) is 0 Å². The number of hydrogen-bond donors (Lipinski definition) is 2. The third kappa shape index (κ3) is 4.28. The second kappa shape index (κ2) is 5.36. The molecule has 0 spiro atoms. The maximum Gasteiger partial charge on any atom is 0.237 e. The summed E-state index contributed by atoms with van der Waals surface area (Å²) in [7, 11) is 0. The molecule has 17 heavy (non-hydrogen) atoms. The van der Waals surface area contributed by atoms with E-state index in [0.717, 1.165) is 26.1 Å². The molecule has 1 amide bonds. The van der Waals surface area contributed by atoms with Gasteiger partial charge in [-0.3, -0.25) is 4.79 Å². The first-order valence-electron chi connectivity index (χ1n) is 6.36. The highest BCUT2D eigenvalue weighted by molar-refractivity contribution is 5.82. The molecule has 1 atom stereocenters. The molecule has 0 aromatic carbocycles. The first-order chi connectivity index (χ1) is 7.75. The summed E-state index contributed by atoms with van der Waals surface area (Å²) in [5.74, 6) is -0.0507. The Balaban J connectivity index is 2.42. The molecule has 0 unspecified atom stereocenters. The third-order valence-electron chi connectivity index (χ3n) is 3.60. The van der Waals surface area contributed by atoms with Gasteiger partial charge < -0.3 is 15.8 Å². The first-order valence-corrected chi connectivity index (χ1v) is 6.36. The molecular formula is C13H26N2O2. The van der Waals surface area contributed by atoms with Crippen molar-refractivity contribution in [2.45, 2.75) is 46.6 Å². The van der Waals surface area contributed by atoms with Crippen molar-refractivity contribution in [2.24, 2.45) is 16.6 Å². The Labute approximate surface area is 104 Å². The number of nitrogens with one attached hydrogen (secondary N) is 1. The van der Waals surface area contributed by atoms with Gasteiger partial charge in [-0.1, -0.05) is 27.7 Å². The minimum atomic E-state index is -0.453. The Bertz CT molecular complexity index is 265. The number of nitrogens with two attached hydrogens (primary N) is 1. The number of carbonyl (C=O) groups excluding carboxylic acids is 1. The Morgan fingerprint density at radius 1 is 1.41 bits per heavy atom. The van der Waals surface area contributed by atoms with Crippen LogP contribution in [-0.4, -0.2) is 31.7 Å². The van der Waals surface area contributed by atoms with Crippen molar-refractivity contribution in [1.29, 1.82) is 0 Å². The van der Waals surface area contributed by atoms with E-state index in [-0.39, 0.29) is 16.7 Å². The zero-order valence-electron chi connectivity index (χ0n) is 11.5. The number of carbonyl (C=O) groups is 1. The van der Waals surface area contributed by atoms with Crippen LogP contribution in [0.15, 0.2) is 0 Å². The van der Waals surface area contributed by atoms with E-state index in [1.807, 2.05) is 20.8 Å². The summed E-state index contributed by atoms with van der Waals surface area (Å²) in [6, 6.07) is -0.453. The lowest BCUT2D eigenvalue weighted by Crippen LogP contribution is -2.51. The fourth-order valence-corrected chi connectivity index (χ4v) is 1.84. The van der Waals surface area contributed by atoms with Crippen molar-refractivity contribution < 1.29 is 9.53 Å². The van der Waals surface area contributed by atoms with Crippen LogP contribution in [0.4, 0.5) is 0 Å². The summed E-state index contributed by atoms with van der Waals surface area (Å²) in [6.07, 6.45) is 2.00. The van der Waals surface area contributed by atoms with Crippen LogP contribution in [0.1, 0.15) is 40.5 Å². The molecule has 0 aromatic rings. The van der Waals surface area contributed by atoms with Gasteiger partial charge in [-0.15, -0.1) is 0 Å². The van der Waals surface area contributed by atoms with Gasteiger partial charge in [0, 0.05) is 19.8 Å². The lowest BCUT2D eigenvalue weighted by Gasteiger charge is -2.34. The van der Waals surface area contributed by atoms with Crippen molar-refractivity contribution in [3.63, 3.8) is 0 Å². The first kappa shape index (κ1) is 14.5. The summed E-state index contributed by atoms with van der Waals surface area (Å²) in [5.41, 5.74) is 5.88. The van der Waals surface area contributed by atoms with E-state index in [4.69, 9.17) is 10.5 Å². The lowest BCUT2D eigenvalue weighted by atomic mass is 9.82. The van der Waals surface area contributed by atoms with Gasteiger partial charge in [0.15, 0.2) is 0 Å². The molecule has 0 aliphatic carbocycles. The summed E-state index contributed by atoms with van der Waals surface area (Å²) in [5, 5.41) is 2.98. The quantitative estimate of drug-likeness (QED) is 0.784. The topological polar surface area (TPSA) is 64.4 Å². The SMILES string of the molecule is CC1(CNC(=O)[C@H](N)C(C)(C)C)CCOCC1. The van der Waals surface area contributed by atoms with Crippen molar-refractivity contribution in [2.75, 3.05) is 19.8 Å². The van der Waals surface area contributed by atoms with E-state index in [9.17, 15) is 4.79 Å². The molecular weight excluding hydrogens is 216 g/mol. The van der Waals surface area contributed by atoms with Crippen molar-refractivity contribution in [3.05, 3.63) is 0 Å². The second-order valence-corrected chi connectivity index (χ2v) is 6.48. The molecule has 1 aliphatic heterocycles. The molecule has 3 N–H and O–H groups in total. The molecule has 1 heterocycles. The maximum atomic E-state index is 11.9. The van der Waals surface area contributed by atoms with Crippen molar-refractivity contribution >= 4 is 5.91 Å². The maximum absolute atomic E-state index is 11.9. The lowest BCUT2D eigenvalue weighted by molar-refractivity contribution is -0.125. The predicted molar refractivity (Wildman–Crippen MR) is 68.6 cm³/mol. The van der Waals surface area contributed by atoms with Gasteiger partial charge >= 0.3 is 0 Å².